The third-order valence-electron chi connectivity index (χ3n) is 6.21. The molecule has 1 saturated heterocycles. The van der Waals surface area contributed by atoms with Crippen molar-refractivity contribution in [3.63, 3.8) is 0 Å². The number of ether oxygens (including phenoxy) is 3. The van der Waals surface area contributed by atoms with Crippen molar-refractivity contribution in [1.82, 2.24) is 10.2 Å². The van der Waals surface area contributed by atoms with E-state index < -0.39 is 17.8 Å². The van der Waals surface area contributed by atoms with Crippen molar-refractivity contribution in [2.24, 2.45) is 0 Å². The molecular formula is C24H27FN2O5. The molecule has 0 aromatic heterocycles. The zero-order chi connectivity index (χ0) is 22.8. The number of benzene rings is 2. The Balaban J connectivity index is 1.81. The van der Waals surface area contributed by atoms with Gasteiger partial charge in [0, 0.05) is 31.3 Å². The second kappa shape index (κ2) is 9.16. The van der Waals surface area contributed by atoms with Crippen LogP contribution in [0.2, 0.25) is 0 Å². The lowest BCUT2D eigenvalue weighted by Gasteiger charge is -2.40. The number of hydrogen-bond donors (Lipinski definition) is 1. The quantitative estimate of drug-likeness (QED) is 0.744. The minimum atomic E-state index is -0.842. The van der Waals surface area contributed by atoms with Gasteiger partial charge in [-0.1, -0.05) is 18.2 Å². The van der Waals surface area contributed by atoms with Crippen LogP contribution in [0.25, 0.3) is 0 Å². The molecule has 2 amide bonds. The molecule has 1 N–H and O–H groups in total. The van der Waals surface area contributed by atoms with Crippen molar-refractivity contribution in [1.29, 1.82) is 0 Å². The van der Waals surface area contributed by atoms with Gasteiger partial charge in [-0.3, -0.25) is 9.59 Å². The van der Waals surface area contributed by atoms with Gasteiger partial charge in [0.15, 0.2) is 11.5 Å². The first-order valence-electron chi connectivity index (χ1n) is 10.6. The van der Waals surface area contributed by atoms with Crippen molar-refractivity contribution in [3.05, 3.63) is 58.9 Å². The second-order valence-electron chi connectivity index (χ2n) is 8.03. The Labute approximate surface area is 186 Å². The van der Waals surface area contributed by atoms with E-state index in [9.17, 15) is 14.0 Å². The van der Waals surface area contributed by atoms with Gasteiger partial charge in [0.05, 0.1) is 32.3 Å². The molecule has 0 radical (unpaired) electrons. The first-order valence-corrected chi connectivity index (χ1v) is 10.6. The highest BCUT2D eigenvalue weighted by atomic mass is 19.1. The summed E-state index contributed by atoms with van der Waals surface area (Å²) in [5.74, 6) is -1.16. The van der Waals surface area contributed by atoms with Gasteiger partial charge in [-0.15, -0.1) is 0 Å². The minimum Gasteiger partial charge on any atom is -0.493 e. The largest absolute Gasteiger partial charge is 0.493 e. The van der Waals surface area contributed by atoms with Gasteiger partial charge in [0.2, 0.25) is 5.91 Å². The third kappa shape index (κ3) is 3.90. The van der Waals surface area contributed by atoms with Gasteiger partial charge in [-0.25, -0.2) is 4.39 Å². The molecule has 8 heteroatoms. The molecule has 0 aliphatic carbocycles. The van der Waals surface area contributed by atoms with Crippen LogP contribution in [0.3, 0.4) is 0 Å². The van der Waals surface area contributed by atoms with Crippen molar-refractivity contribution >= 4 is 11.8 Å². The highest BCUT2D eigenvalue weighted by molar-refractivity contribution is 6.02. The highest BCUT2D eigenvalue weighted by Gasteiger charge is 2.44. The molecular weight excluding hydrogens is 415 g/mol. The van der Waals surface area contributed by atoms with Crippen molar-refractivity contribution < 1.29 is 28.2 Å². The fraction of sp³-hybridized carbons (Fsp3) is 0.417. The van der Waals surface area contributed by atoms with Crippen LogP contribution in [0, 0.1) is 5.82 Å². The SMILES string of the molecule is COc1cc2c(cc1OC)C(C(=O)NCC1CCCO1)C(c1ccccc1F)N(C)C2=O. The summed E-state index contributed by atoms with van der Waals surface area (Å²) in [6, 6.07) is 8.61. The number of nitrogens with one attached hydrogen (secondary N) is 1. The van der Waals surface area contributed by atoms with Crippen LogP contribution >= 0.6 is 0 Å². The Morgan fingerprint density at radius 3 is 2.56 bits per heavy atom. The molecule has 2 heterocycles. The van der Waals surface area contributed by atoms with Crippen LogP contribution in [-0.4, -0.2) is 57.2 Å². The lowest BCUT2D eigenvalue weighted by Crippen LogP contribution is -2.47. The van der Waals surface area contributed by atoms with E-state index in [0.717, 1.165) is 12.8 Å². The van der Waals surface area contributed by atoms with E-state index in [1.807, 2.05) is 0 Å². The number of hydrogen-bond acceptors (Lipinski definition) is 5. The van der Waals surface area contributed by atoms with Gasteiger partial charge in [-0.2, -0.15) is 0 Å². The standard InChI is InChI=1S/C24H27FN2O5/c1-27-22(15-8-4-5-9-18(15)25)21(23(28)26-13-14-7-6-10-32-14)16-11-19(30-2)20(31-3)12-17(16)24(27)29/h4-5,8-9,11-12,14,21-22H,6-7,10,13H2,1-3H3,(H,26,28). The number of likely N-dealkylation sites (N-methyl/N-ethyl adjacent to an activating group) is 1. The Morgan fingerprint density at radius 1 is 1.19 bits per heavy atom. The van der Waals surface area contributed by atoms with Gasteiger partial charge < -0.3 is 24.4 Å². The summed E-state index contributed by atoms with van der Waals surface area (Å²) >= 11 is 0. The van der Waals surface area contributed by atoms with E-state index in [2.05, 4.69) is 5.32 Å². The molecule has 2 aromatic carbocycles. The average Bonchev–Trinajstić information content (AvgIpc) is 3.33. The molecule has 7 nitrogen and oxygen atoms in total. The zero-order valence-corrected chi connectivity index (χ0v) is 18.4. The van der Waals surface area contributed by atoms with Crippen molar-refractivity contribution in [2.45, 2.75) is 30.9 Å². The summed E-state index contributed by atoms with van der Waals surface area (Å²) in [4.78, 5) is 28.2. The van der Waals surface area contributed by atoms with E-state index >= 15 is 0 Å². The normalized spacial score (nSPS) is 22.4. The maximum atomic E-state index is 14.8. The van der Waals surface area contributed by atoms with Crippen LogP contribution in [0.1, 0.15) is 46.3 Å². The molecule has 4 rings (SSSR count). The summed E-state index contributed by atoms with van der Waals surface area (Å²) in [7, 11) is 4.55. The molecule has 0 bridgehead atoms. The molecule has 0 saturated carbocycles. The van der Waals surface area contributed by atoms with Crippen LogP contribution in [0.15, 0.2) is 36.4 Å². The van der Waals surface area contributed by atoms with Gasteiger partial charge in [0.25, 0.3) is 5.91 Å². The van der Waals surface area contributed by atoms with E-state index in [4.69, 9.17) is 14.2 Å². The third-order valence-corrected chi connectivity index (χ3v) is 6.21. The number of rotatable bonds is 6. The molecule has 1 fully saturated rings. The number of fused-ring (bicyclic) bond motifs is 1. The molecule has 2 aromatic rings. The summed E-state index contributed by atoms with van der Waals surface area (Å²) in [6.07, 6.45) is 1.79. The van der Waals surface area contributed by atoms with Crippen LogP contribution in [0.5, 0.6) is 11.5 Å². The van der Waals surface area contributed by atoms with Gasteiger partial charge >= 0.3 is 0 Å². The number of carbonyl (C=O) groups is 2. The zero-order valence-electron chi connectivity index (χ0n) is 18.4. The summed E-state index contributed by atoms with van der Waals surface area (Å²) in [5.41, 5.74) is 1.08. The van der Waals surface area contributed by atoms with Crippen molar-refractivity contribution in [2.75, 3.05) is 34.4 Å². The van der Waals surface area contributed by atoms with Gasteiger partial charge in [-0.05, 0) is 36.6 Å². The number of halogens is 1. The molecule has 2 aliphatic rings. The predicted octanol–water partition coefficient (Wildman–Crippen LogP) is 3.05. The summed E-state index contributed by atoms with van der Waals surface area (Å²) in [6.45, 7) is 1.04. The lowest BCUT2D eigenvalue weighted by molar-refractivity contribution is -0.124. The van der Waals surface area contributed by atoms with Crippen LogP contribution in [0.4, 0.5) is 4.39 Å². The summed E-state index contributed by atoms with van der Waals surface area (Å²) in [5, 5.41) is 2.96. The van der Waals surface area contributed by atoms with Crippen molar-refractivity contribution in [3.8, 4) is 11.5 Å². The van der Waals surface area contributed by atoms with Crippen LogP contribution < -0.4 is 14.8 Å². The molecule has 32 heavy (non-hydrogen) atoms. The monoisotopic (exact) mass is 442 g/mol. The fourth-order valence-corrected chi connectivity index (χ4v) is 4.56. The predicted molar refractivity (Wildman–Crippen MR) is 116 cm³/mol. The molecule has 2 aliphatic heterocycles. The number of methoxy groups -OCH3 is 2. The topological polar surface area (TPSA) is 77.1 Å². The first kappa shape index (κ1) is 22.1. The lowest BCUT2D eigenvalue weighted by atomic mass is 9.79. The minimum absolute atomic E-state index is 0.0429. The van der Waals surface area contributed by atoms with Crippen LogP contribution in [-0.2, 0) is 9.53 Å². The van der Waals surface area contributed by atoms with E-state index in [-0.39, 0.29) is 23.5 Å². The number of carbonyl (C=O) groups excluding carboxylic acids is 2. The smallest absolute Gasteiger partial charge is 0.254 e. The van der Waals surface area contributed by atoms with Gasteiger partial charge in [0.1, 0.15) is 5.82 Å². The Bertz CT molecular complexity index is 1020. The number of nitrogens with zero attached hydrogens (tertiary/aromatic N) is 1. The Kier molecular flexibility index (Phi) is 6.32. The maximum Gasteiger partial charge on any atom is 0.254 e. The fourth-order valence-electron chi connectivity index (χ4n) is 4.56. The Hall–Kier alpha value is -3.13. The molecule has 3 atom stereocenters. The first-order chi connectivity index (χ1) is 15.5. The van der Waals surface area contributed by atoms with E-state index in [1.165, 1.54) is 25.2 Å². The van der Waals surface area contributed by atoms with E-state index in [0.29, 0.717) is 35.8 Å². The maximum absolute atomic E-state index is 14.8. The Morgan fingerprint density at radius 2 is 1.91 bits per heavy atom. The van der Waals surface area contributed by atoms with E-state index in [1.54, 1.807) is 37.4 Å². The number of amides is 2. The molecule has 3 unspecified atom stereocenters. The average molecular weight is 442 g/mol. The highest BCUT2D eigenvalue weighted by Crippen LogP contribution is 2.46. The summed E-state index contributed by atoms with van der Waals surface area (Å²) < 4.78 is 31.2. The second-order valence-corrected chi connectivity index (χ2v) is 8.03. The molecule has 170 valence electrons. The molecule has 0 spiro atoms.